The van der Waals surface area contributed by atoms with Crippen molar-refractivity contribution in [2.75, 3.05) is 39.4 Å². The molecule has 2 aliphatic heterocycles. The van der Waals surface area contributed by atoms with Gasteiger partial charge in [0.05, 0.1) is 13.2 Å². The van der Waals surface area contributed by atoms with Crippen LogP contribution in [0.3, 0.4) is 0 Å². The summed E-state index contributed by atoms with van der Waals surface area (Å²) in [4.78, 5) is 13.9. The van der Waals surface area contributed by atoms with Crippen molar-refractivity contribution in [1.82, 2.24) is 10.2 Å². The Morgan fingerprint density at radius 3 is 2.82 bits per heavy atom. The van der Waals surface area contributed by atoms with Gasteiger partial charge in [-0.05, 0) is 24.2 Å². The molecule has 4 heteroatoms. The van der Waals surface area contributed by atoms with Crippen molar-refractivity contribution in [3.63, 3.8) is 0 Å². The lowest BCUT2D eigenvalue weighted by atomic mass is 9.84. The van der Waals surface area contributed by atoms with Crippen molar-refractivity contribution >= 4 is 5.91 Å². The van der Waals surface area contributed by atoms with E-state index in [4.69, 9.17) is 4.74 Å². The van der Waals surface area contributed by atoms with E-state index in [1.54, 1.807) is 0 Å². The Morgan fingerprint density at radius 2 is 2.24 bits per heavy atom. The molecule has 2 rings (SSSR count). The van der Waals surface area contributed by atoms with Crippen LogP contribution in [0.2, 0.25) is 0 Å². The van der Waals surface area contributed by atoms with E-state index in [2.05, 4.69) is 24.1 Å². The summed E-state index contributed by atoms with van der Waals surface area (Å²) >= 11 is 0. The summed E-state index contributed by atoms with van der Waals surface area (Å²) in [6.07, 6.45) is 2.30. The Bertz CT molecular complexity index is 265. The monoisotopic (exact) mass is 240 g/mol. The summed E-state index contributed by atoms with van der Waals surface area (Å²) in [5.41, 5.74) is 0.400. The molecular weight excluding hydrogens is 216 g/mol. The minimum Gasteiger partial charge on any atom is -0.381 e. The predicted molar refractivity (Wildman–Crippen MR) is 66.8 cm³/mol. The first-order valence-electron chi connectivity index (χ1n) is 6.62. The minimum atomic E-state index is 0.158. The molecule has 1 atom stereocenters. The number of hydrogen-bond acceptors (Lipinski definition) is 3. The number of likely N-dealkylation sites (tertiary alicyclic amines) is 1. The van der Waals surface area contributed by atoms with Crippen LogP contribution in [0.15, 0.2) is 0 Å². The second-order valence-corrected chi connectivity index (χ2v) is 6.20. The van der Waals surface area contributed by atoms with Crippen LogP contribution in [0.25, 0.3) is 0 Å². The molecule has 2 fully saturated rings. The highest BCUT2D eigenvalue weighted by atomic mass is 16.5. The van der Waals surface area contributed by atoms with Crippen LogP contribution in [0.5, 0.6) is 0 Å². The van der Waals surface area contributed by atoms with Crippen LogP contribution in [0.1, 0.15) is 26.7 Å². The Hall–Kier alpha value is -0.610. The van der Waals surface area contributed by atoms with Gasteiger partial charge in [0.25, 0.3) is 0 Å². The highest BCUT2D eigenvalue weighted by molar-refractivity contribution is 5.78. The topological polar surface area (TPSA) is 41.6 Å². The van der Waals surface area contributed by atoms with Crippen LogP contribution in [0.4, 0.5) is 0 Å². The lowest BCUT2D eigenvalue weighted by Crippen LogP contribution is -2.55. The molecule has 0 unspecified atom stereocenters. The fourth-order valence-corrected chi connectivity index (χ4v) is 2.76. The van der Waals surface area contributed by atoms with Gasteiger partial charge in [-0.1, -0.05) is 13.8 Å². The van der Waals surface area contributed by atoms with Gasteiger partial charge < -0.3 is 10.1 Å². The highest BCUT2D eigenvalue weighted by Gasteiger charge is 2.34. The molecule has 0 aromatic carbocycles. The molecule has 0 saturated carbocycles. The molecule has 0 aromatic heterocycles. The van der Waals surface area contributed by atoms with E-state index in [1.165, 1.54) is 6.42 Å². The van der Waals surface area contributed by atoms with E-state index in [0.29, 0.717) is 17.9 Å². The zero-order valence-corrected chi connectivity index (χ0v) is 11.0. The van der Waals surface area contributed by atoms with Gasteiger partial charge in [-0.3, -0.25) is 9.69 Å². The van der Waals surface area contributed by atoms with Gasteiger partial charge in [0.15, 0.2) is 0 Å². The molecule has 0 spiro atoms. The van der Waals surface area contributed by atoms with Gasteiger partial charge in [-0.15, -0.1) is 0 Å². The van der Waals surface area contributed by atoms with Gasteiger partial charge in [0, 0.05) is 26.2 Å². The lowest BCUT2D eigenvalue weighted by molar-refractivity contribution is -0.125. The summed E-state index contributed by atoms with van der Waals surface area (Å²) in [5.74, 6) is 0.673. The molecule has 17 heavy (non-hydrogen) atoms. The first-order valence-corrected chi connectivity index (χ1v) is 6.62. The fourth-order valence-electron chi connectivity index (χ4n) is 2.76. The van der Waals surface area contributed by atoms with Crippen molar-refractivity contribution in [3.8, 4) is 0 Å². The lowest BCUT2D eigenvalue weighted by Gasteiger charge is -2.45. The normalized spacial score (nSPS) is 28.5. The number of nitrogens with one attached hydrogen (secondary N) is 1. The SMILES string of the molecule is CC1(C)CN(CC(=O)NC[C@H]2CCCOC2)C1. The second-order valence-electron chi connectivity index (χ2n) is 6.20. The van der Waals surface area contributed by atoms with E-state index in [-0.39, 0.29) is 5.91 Å². The third-order valence-electron chi connectivity index (χ3n) is 3.51. The summed E-state index contributed by atoms with van der Waals surface area (Å²) < 4.78 is 5.39. The Balaban J connectivity index is 1.58. The van der Waals surface area contributed by atoms with Crippen LogP contribution >= 0.6 is 0 Å². The smallest absolute Gasteiger partial charge is 0.234 e. The number of amides is 1. The van der Waals surface area contributed by atoms with E-state index < -0.39 is 0 Å². The number of carbonyl (C=O) groups excluding carboxylic acids is 1. The predicted octanol–water partition coefficient (Wildman–Crippen LogP) is 0.871. The first kappa shape index (κ1) is 12.8. The maximum Gasteiger partial charge on any atom is 0.234 e. The average Bonchev–Trinajstić information content (AvgIpc) is 2.25. The van der Waals surface area contributed by atoms with E-state index in [9.17, 15) is 4.79 Å². The van der Waals surface area contributed by atoms with Gasteiger partial charge >= 0.3 is 0 Å². The van der Waals surface area contributed by atoms with Crippen molar-refractivity contribution in [3.05, 3.63) is 0 Å². The van der Waals surface area contributed by atoms with Crippen molar-refractivity contribution in [1.29, 1.82) is 0 Å². The molecule has 2 heterocycles. The average molecular weight is 240 g/mol. The standard InChI is InChI=1S/C13H24N2O2/c1-13(2)9-15(10-13)7-12(16)14-6-11-4-3-5-17-8-11/h11H,3-10H2,1-2H3,(H,14,16)/t11-/m1/s1. The number of nitrogens with zero attached hydrogens (tertiary/aromatic N) is 1. The summed E-state index contributed by atoms with van der Waals surface area (Å²) in [7, 11) is 0. The van der Waals surface area contributed by atoms with Crippen molar-refractivity contribution < 1.29 is 9.53 Å². The highest BCUT2D eigenvalue weighted by Crippen LogP contribution is 2.27. The van der Waals surface area contributed by atoms with Gasteiger partial charge in [0.2, 0.25) is 5.91 Å². The van der Waals surface area contributed by atoms with Crippen LogP contribution < -0.4 is 5.32 Å². The Kier molecular flexibility index (Phi) is 4.05. The quantitative estimate of drug-likeness (QED) is 0.793. The summed E-state index contributed by atoms with van der Waals surface area (Å²) in [6.45, 7) is 9.55. The molecule has 0 radical (unpaired) electrons. The number of hydrogen-bond donors (Lipinski definition) is 1. The van der Waals surface area contributed by atoms with E-state index >= 15 is 0 Å². The summed E-state index contributed by atoms with van der Waals surface area (Å²) in [5, 5.41) is 3.02. The molecule has 98 valence electrons. The first-order chi connectivity index (χ1) is 8.05. The maximum atomic E-state index is 11.7. The number of rotatable bonds is 4. The second kappa shape index (κ2) is 5.36. The maximum absolute atomic E-state index is 11.7. The van der Waals surface area contributed by atoms with Gasteiger partial charge in [0.1, 0.15) is 0 Å². The van der Waals surface area contributed by atoms with Gasteiger partial charge in [-0.2, -0.15) is 0 Å². The Labute approximate surface area is 104 Å². The van der Waals surface area contributed by atoms with E-state index in [1.807, 2.05) is 0 Å². The van der Waals surface area contributed by atoms with Crippen LogP contribution in [-0.2, 0) is 9.53 Å². The summed E-state index contributed by atoms with van der Waals surface area (Å²) in [6, 6.07) is 0. The van der Waals surface area contributed by atoms with Crippen molar-refractivity contribution in [2.24, 2.45) is 11.3 Å². The molecule has 0 aromatic rings. The number of carbonyl (C=O) groups is 1. The van der Waals surface area contributed by atoms with Gasteiger partial charge in [-0.25, -0.2) is 0 Å². The largest absolute Gasteiger partial charge is 0.381 e. The molecule has 2 aliphatic rings. The molecule has 1 amide bonds. The third kappa shape index (κ3) is 3.96. The zero-order valence-electron chi connectivity index (χ0n) is 11.0. The molecule has 4 nitrogen and oxygen atoms in total. The fraction of sp³-hybridized carbons (Fsp3) is 0.923. The zero-order chi connectivity index (χ0) is 12.3. The van der Waals surface area contributed by atoms with Crippen molar-refractivity contribution in [2.45, 2.75) is 26.7 Å². The molecular formula is C13H24N2O2. The number of ether oxygens (including phenoxy) is 1. The van der Waals surface area contributed by atoms with Crippen LogP contribution in [-0.4, -0.2) is 50.2 Å². The molecule has 0 aliphatic carbocycles. The Morgan fingerprint density at radius 1 is 1.47 bits per heavy atom. The van der Waals surface area contributed by atoms with E-state index in [0.717, 1.165) is 39.3 Å². The minimum absolute atomic E-state index is 0.158. The molecule has 2 saturated heterocycles. The molecule has 0 bridgehead atoms. The van der Waals surface area contributed by atoms with Crippen LogP contribution in [0, 0.1) is 11.3 Å². The third-order valence-corrected chi connectivity index (χ3v) is 3.51. The molecule has 1 N–H and O–H groups in total.